The van der Waals surface area contributed by atoms with Gasteiger partial charge in [-0.15, -0.1) is 0 Å². The zero-order chi connectivity index (χ0) is 14.0. The van der Waals surface area contributed by atoms with E-state index in [0.29, 0.717) is 13.1 Å². The molecule has 1 aromatic rings. The first-order valence-electron chi connectivity index (χ1n) is 5.52. The van der Waals surface area contributed by atoms with E-state index in [1.165, 1.54) is 17.3 Å². The summed E-state index contributed by atoms with van der Waals surface area (Å²) in [6, 6.07) is 0. The maximum Gasteiger partial charge on any atom is 0.329 e. The van der Waals surface area contributed by atoms with Crippen molar-refractivity contribution in [2.75, 3.05) is 19.7 Å². The van der Waals surface area contributed by atoms with Crippen molar-refractivity contribution in [2.24, 2.45) is 0 Å². The van der Waals surface area contributed by atoms with Gasteiger partial charge in [0.05, 0.1) is 25.5 Å². The van der Waals surface area contributed by atoms with Gasteiger partial charge >= 0.3 is 5.97 Å². The summed E-state index contributed by atoms with van der Waals surface area (Å²) in [5, 5.41) is 8.76. The molecule has 1 amide bonds. The summed E-state index contributed by atoms with van der Waals surface area (Å²) < 4.78 is 5.21. The van der Waals surface area contributed by atoms with E-state index >= 15 is 0 Å². The van der Waals surface area contributed by atoms with Gasteiger partial charge in [-0.2, -0.15) is 0 Å². The number of carbonyl (C=O) groups is 2. The second kappa shape index (κ2) is 5.10. The second-order valence-electron chi connectivity index (χ2n) is 4.52. The van der Waals surface area contributed by atoms with Crippen molar-refractivity contribution in [2.45, 2.75) is 12.5 Å². The Morgan fingerprint density at radius 3 is 2.68 bits per heavy atom. The molecule has 0 spiro atoms. The summed E-state index contributed by atoms with van der Waals surface area (Å²) in [6.07, 6.45) is 2.60. The Morgan fingerprint density at radius 2 is 2.16 bits per heavy atom. The highest BCUT2D eigenvalue weighted by Gasteiger charge is 2.43. The fourth-order valence-corrected chi connectivity index (χ4v) is 1.91. The number of likely N-dealkylation sites (tertiary alicyclic amines) is 1. The number of hydrogen-bond acceptors (Lipinski definition) is 5. The maximum absolute atomic E-state index is 12.0. The SMILES string of the molecule is CC1(OCC(=O)O)CN(C(=O)c2cnc(Cl)cn2)C1. The smallest absolute Gasteiger partial charge is 0.329 e. The van der Waals surface area contributed by atoms with E-state index in [9.17, 15) is 9.59 Å². The molecule has 1 aliphatic rings. The summed E-state index contributed by atoms with van der Waals surface area (Å²) >= 11 is 5.59. The van der Waals surface area contributed by atoms with Crippen LogP contribution in [0, 0.1) is 0 Å². The molecule has 1 aliphatic heterocycles. The van der Waals surface area contributed by atoms with Crippen molar-refractivity contribution in [1.82, 2.24) is 14.9 Å². The molecule has 0 unspecified atom stereocenters. The number of halogens is 1. The van der Waals surface area contributed by atoms with E-state index in [-0.39, 0.29) is 23.4 Å². The van der Waals surface area contributed by atoms with Crippen LogP contribution in [0.15, 0.2) is 12.4 Å². The van der Waals surface area contributed by atoms with Gasteiger partial charge in [0.15, 0.2) is 0 Å². The van der Waals surface area contributed by atoms with Crippen LogP contribution < -0.4 is 0 Å². The molecule has 1 N–H and O–H groups in total. The number of amides is 1. The van der Waals surface area contributed by atoms with Crippen LogP contribution in [0.3, 0.4) is 0 Å². The van der Waals surface area contributed by atoms with E-state index in [2.05, 4.69) is 9.97 Å². The lowest BCUT2D eigenvalue weighted by Crippen LogP contribution is -2.63. The average molecular weight is 286 g/mol. The molecule has 102 valence electrons. The highest BCUT2D eigenvalue weighted by Crippen LogP contribution is 2.25. The van der Waals surface area contributed by atoms with Gasteiger partial charge in [0.1, 0.15) is 23.1 Å². The average Bonchev–Trinajstić information content (AvgIpc) is 2.33. The Kier molecular flexibility index (Phi) is 3.68. The minimum absolute atomic E-state index is 0.199. The molecule has 1 aromatic heterocycles. The number of hydrogen-bond donors (Lipinski definition) is 1. The van der Waals surface area contributed by atoms with E-state index in [1.54, 1.807) is 6.92 Å². The molecular weight excluding hydrogens is 274 g/mol. The zero-order valence-electron chi connectivity index (χ0n) is 10.2. The Labute approximate surface area is 114 Å². The molecule has 0 aromatic carbocycles. The van der Waals surface area contributed by atoms with Crippen molar-refractivity contribution in [3.63, 3.8) is 0 Å². The number of aliphatic carboxylic acids is 1. The summed E-state index contributed by atoms with van der Waals surface area (Å²) in [6.45, 7) is 2.03. The van der Waals surface area contributed by atoms with Crippen molar-refractivity contribution in [3.05, 3.63) is 23.2 Å². The Morgan fingerprint density at radius 1 is 1.47 bits per heavy atom. The number of nitrogens with zero attached hydrogens (tertiary/aromatic N) is 3. The molecule has 19 heavy (non-hydrogen) atoms. The molecule has 0 radical (unpaired) electrons. The van der Waals surface area contributed by atoms with Crippen LogP contribution >= 0.6 is 11.6 Å². The fraction of sp³-hybridized carbons (Fsp3) is 0.455. The van der Waals surface area contributed by atoms with Gasteiger partial charge in [0.2, 0.25) is 0 Å². The molecule has 7 nitrogen and oxygen atoms in total. The van der Waals surface area contributed by atoms with Crippen LogP contribution in [0.25, 0.3) is 0 Å². The third kappa shape index (κ3) is 3.18. The summed E-state index contributed by atoms with van der Waals surface area (Å²) in [5.41, 5.74) is -0.418. The molecule has 1 saturated heterocycles. The van der Waals surface area contributed by atoms with Gasteiger partial charge in [0, 0.05) is 0 Å². The van der Waals surface area contributed by atoms with Gasteiger partial charge < -0.3 is 14.7 Å². The Balaban J connectivity index is 1.91. The van der Waals surface area contributed by atoms with Crippen LogP contribution in [0.5, 0.6) is 0 Å². The first kappa shape index (κ1) is 13.7. The van der Waals surface area contributed by atoms with Crippen molar-refractivity contribution < 1.29 is 19.4 Å². The molecule has 2 rings (SSSR count). The van der Waals surface area contributed by atoms with Crippen LogP contribution in [-0.2, 0) is 9.53 Å². The monoisotopic (exact) mass is 285 g/mol. The topological polar surface area (TPSA) is 92.6 Å². The van der Waals surface area contributed by atoms with Crippen molar-refractivity contribution >= 4 is 23.5 Å². The predicted molar refractivity (Wildman–Crippen MR) is 64.9 cm³/mol. The standard InChI is InChI=1S/C11H12ClN3O4/c1-11(19-4-9(16)17)5-15(6-11)10(18)7-2-14-8(12)3-13-7/h2-3H,4-6H2,1H3,(H,16,17). The largest absolute Gasteiger partial charge is 0.480 e. The lowest BCUT2D eigenvalue weighted by Gasteiger charge is -2.46. The molecule has 8 heteroatoms. The van der Waals surface area contributed by atoms with E-state index < -0.39 is 11.6 Å². The second-order valence-corrected chi connectivity index (χ2v) is 4.91. The highest BCUT2D eigenvalue weighted by atomic mass is 35.5. The highest BCUT2D eigenvalue weighted by molar-refractivity contribution is 6.29. The van der Waals surface area contributed by atoms with Gasteiger partial charge in [-0.05, 0) is 6.92 Å². The minimum atomic E-state index is -1.03. The number of aromatic nitrogens is 2. The number of carboxylic acids is 1. The first-order valence-corrected chi connectivity index (χ1v) is 5.90. The van der Waals surface area contributed by atoms with E-state index in [4.69, 9.17) is 21.4 Å². The van der Waals surface area contributed by atoms with Gasteiger partial charge in [-0.3, -0.25) is 4.79 Å². The molecular formula is C11H12ClN3O4. The van der Waals surface area contributed by atoms with Crippen molar-refractivity contribution in [1.29, 1.82) is 0 Å². The van der Waals surface area contributed by atoms with E-state index in [0.717, 1.165) is 0 Å². The molecule has 1 fully saturated rings. The van der Waals surface area contributed by atoms with Crippen LogP contribution in [0.1, 0.15) is 17.4 Å². The zero-order valence-corrected chi connectivity index (χ0v) is 10.9. The Hall–Kier alpha value is -1.73. The fourth-order valence-electron chi connectivity index (χ4n) is 1.82. The molecule has 0 atom stereocenters. The summed E-state index contributed by atoms with van der Waals surface area (Å²) in [7, 11) is 0. The third-order valence-electron chi connectivity index (χ3n) is 2.72. The molecule has 0 aliphatic carbocycles. The lowest BCUT2D eigenvalue weighted by molar-refractivity contribution is -0.159. The molecule has 0 saturated carbocycles. The van der Waals surface area contributed by atoms with Crippen LogP contribution in [0.2, 0.25) is 5.15 Å². The summed E-state index contributed by atoms with van der Waals surface area (Å²) in [4.78, 5) is 31.6. The quantitative estimate of drug-likeness (QED) is 0.863. The van der Waals surface area contributed by atoms with Gasteiger partial charge in [-0.1, -0.05) is 11.6 Å². The number of ether oxygens (including phenoxy) is 1. The number of rotatable bonds is 4. The van der Waals surface area contributed by atoms with Crippen LogP contribution in [0.4, 0.5) is 0 Å². The normalized spacial score (nSPS) is 16.8. The van der Waals surface area contributed by atoms with Crippen molar-refractivity contribution in [3.8, 4) is 0 Å². The predicted octanol–water partition coefficient (Wildman–Crippen LogP) is 0.446. The summed E-state index contributed by atoms with van der Waals surface area (Å²) in [5.74, 6) is -1.31. The lowest BCUT2D eigenvalue weighted by atomic mass is 9.96. The minimum Gasteiger partial charge on any atom is -0.480 e. The first-order chi connectivity index (χ1) is 8.89. The molecule has 2 heterocycles. The van der Waals surface area contributed by atoms with Crippen LogP contribution in [-0.4, -0.2) is 57.1 Å². The third-order valence-corrected chi connectivity index (χ3v) is 2.92. The van der Waals surface area contributed by atoms with Gasteiger partial charge in [0.25, 0.3) is 5.91 Å². The Bertz CT molecular complexity index is 499. The number of carbonyl (C=O) groups excluding carboxylic acids is 1. The number of carboxylic acid groups (broad SMARTS) is 1. The van der Waals surface area contributed by atoms with E-state index in [1.807, 2.05) is 0 Å². The maximum atomic E-state index is 12.0. The van der Waals surface area contributed by atoms with Gasteiger partial charge in [-0.25, -0.2) is 14.8 Å². The molecule has 0 bridgehead atoms.